The molecule has 0 aliphatic heterocycles. The second kappa shape index (κ2) is 11.4. The Morgan fingerprint density at radius 3 is 2.39 bits per heavy atom. The Bertz CT molecular complexity index is 515. The van der Waals surface area contributed by atoms with Gasteiger partial charge in [-0.3, -0.25) is 9.59 Å². The number of nitrogens with zero attached hydrogens (tertiary/aromatic N) is 1. The van der Waals surface area contributed by atoms with Crippen molar-refractivity contribution >= 4 is 18.6 Å². The molecule has 128 valence electrons. The van der Waals surface area contributed by atoms with E-state index in [0.29, 0.717) is 19.4 Å². The van der Waals surface area contributed by atoms with E-state index >= 15 is 0 Å². The zero-order valence-electron chi connectivity index (χ0n) is 14.8. The number of aldehydes is 1. The molecule has 0 heterocycles. The smallest absolute Gasteiger partial charge is 0.242 e. The van der Waals surface area contributed by atoms with Crippen LogP contribution in [0.15, 0.2) is 18.2 Å². The van der Waals surface area contributed by atoms with E-state index in [4.69, 9.17) is 0 Å². The molecule has 0 fully saturated rings. The highest BCUT2D eigenvalue weighted by Gasteiger charge is 2.24. The summed E-state index contributed by atoms with van der Waals surface area (Å²) in [6.45, 7) is 8.34. The highest BCUT2D eigenvalue weighted by molar-refractivity contribution is 5.83. The molecule has 1 N–H and O–H groups in total. The van der Waals surface area contributed by atoms with Crippen LogP contribution in [-0.4, -0.2) is 36.6 Å². The van der Waals surface area contributed by atoms with Crippen molar-refractivity contribution < 1.29 is 14.4 Å². The number of likely N-dealkylation sites (N-methyl/N-ethyl adjacent to an activating group) is 1. The van der Waals surface area contributed by atoms with Crippen molar-refractivity contribution in [3.05, 3.63) is 34.9 Å². The Balaban J connectivity index is 0.00000232. The first kappa shape index (κ1) is 20.8. The molecule has 0 radical (unpaired) electrons. The van der Waals surface area contributed by atoms with Crippen LogP contribution in [0.5, 0.6) is 0 Å². The molecule has 0 bridgehead atoms. The second-order valence-corrected chi connectivity index (χ2v) is 5.08. The van der Waals surface area contributed by atoms with Crippen molar-refractivity contribution in [2.24, 2.45) is 0 Å². The Morgan fingerprint density at radius 2 is 1.91 bits per heavy atom. The predicted octanol–water partition coefficient (Wildman–Crippen LogP) is 2.38. The van der Waals surface area contributed by atoms with Gasteiger partial charge in [-0.2, -0.15) is 0 Å². The van der Waals surface area contributed by atoms with Gasteiger partial charge in [-0.05, 0) is 31.4 Å². The molecular formula is C18H28N2O3. The first-order chi connectivity index (χ1) is 11.0. The van der Waals surface area contributed by atoms with Crippen LogP contribution in [0.25, 0.3) is 0 Å². The number of amides is 2. The normalized spacial score (nSPS) is 10.8. The third kappa shape index (κ3) is 6.63. The van der Waals surface area contributed by atoms with E-state index < -0.39 is 6.04 Å². The maximum Gasteiger partial charge on any atom is 0.242 e. The summed E-state index contributed by atoms with van der Waals surface area (Å²) in [5.74, 6) is -0.256. The average Bonchev–Trinajstić information content (AvgIpc) is 2.57. The molecule has 0 aliphatic rings. The lowest BCUT2D eigenvalue weighted by Gasteiger charge is -2.27. The van der Waals surface area contributed by atoms with Crippen LogP contribution in [0.4, 0.5) is 0 Å². The van der Waals surface area contributed by atoms with Crippen LogP contribution in [-0.2, 0) is 20.9 Å². The zero-order chi connectivity index (χ0) is 17.8. The summed E-state index contributed by atoms with van der Waals surface area (Å²) >= 11 is 0. The minimum atomic E-state index is -0.626. The van der Waals surface area contributed by atoms with E-state index in [1.165, 1.54) is 11.9 Å². The van der Waals surface area contributed by atoms with Crippen LogP contribution >= 0.6 is 0 Å². The van der Waals surface area contributed by atoms with Gasteiger partial charge in [0.05, 0.1) is 0 Å². The summed E-state index contributed by atoms with van der Waals surface area (Å²) in [6.07, 6.45) is 2.00. The largest absolute Gasteiger partial charge is 0.357 e. The summed E-state index contributed by atoms with van der Waals surface area (Å²) in [5, 5.41) is 2.54. The molecule has 1 aromatic carbocycles. The highest BCUT2D eigenvalue weighted by Crippen LogP contribution is 2.15. The van der Waals surface area contributed by atoms with Gasteiger partial charge in [0, 0.05) is 20.0 Å². The zero-order valence-corrected chi connectivity index (χ0v) is 14.8. The van der Waals surface area contributed by atoms with Gasteiger partial charge in [0.2, 0.25) is 12.3 Å². The predicted molar refractivity (Wildman–Crippen MR) is 92.0 cm³/mol. The molecule has 23 heavy (non-hydrogen) atoms. The van der Waals surface area contributed by atoms with Gasteiger partial charge in [-0.15, -0.1) is 0 Å². The summed E-state index contributed by atoms with van der Waals surface area (Å²) in [4.78, 5) is 35.3. The number of benzene rings is 1. The minimum Gasteiger partial charge on any atom is -0.357 e. The van der Waals surface area contributed by atoms with Gasteiger partial charge < -0.3 is 15.0 Å². The fraction of sp³-hybridized carbons (Fsp3) is 0.500. The maximum atomic E-state index is 11.9. The van der Waals surface area contributed by atoms with E-state index in [-0.39, 0.29) is 12.3 Å². The molecule has 1 rings (SSSR count). The molecule has 1 unspecified atom stereocenters. The summed E-state index contributed by atoms with van der Waals surface area (Å²) in [6, 6.07) is 5.35. The molecule has 1 aromatic rings. The molecule has 1 atom stereocenters. The van der Waals surface area contributed by atoms with Gasteiger partial charge in [0.1, 0.15) is 12.3 Å². The van der Waals surface area contributed by atoms with E-state index in [1.54, 1.807) is 0 Å². The third-order valence-corrected chi connectivity index (χ3v) is 3.49. The van der Waals surface area contributed by atoms with E-state index in [2.05, 4.69) is 5.32 Å². The number of carbonyl (C=O) groups is 3. The lowest BCUT2D eigenvalue weighted by atomic mass is 10.0. The fourth-order valence-electron chi connectivity index (χ4n) is 2.28. The maximum absolute atomic E-state index is 11.9. The summed E-state index contributed by atoms with van der Waals surface area (Å²) in [7, 11) is 1.52. The lowest BCUT2D eigenvalue weighted by Crippen LogP contribution is -2.45. The minimum absolute atomic E-state index is 0.245. The van der Waals surface area contributed by atoms with E-state index in [0.717, 1.165) is 23.0 Å². The highest BCUT2D eigenvalue weighted by atomic mass is 16.2. The average molecular weight is 320 g/mol. The molecule has 0 spiro atoms. The number of nitrogens with one attached hydrogen (secondary N) is 1. The standard InChI is InChI=1S/C16H22N2O3.C2H6/c1-12-6-7-14(13(2)9-12)10-18(11-20)15(5-4-8-19)16(21)17-3;1-2/h6-9,11,15H,4-5,10H2,1-3H3,(H,17,21);1-2H3. The van der Waals surface area contributed by atoms with Crippen LogP contribution in [0.1, 0.15) is 43.4 Å². The van der Waals surface area contributed by atoms with Crippen LogP contribution in [0, 0.1) is 13.8 Å². The second-order valence-electron chi connectivity index (χ2n) is 5.08. The SMILES string of the molecule is CC.CNC(=O)C(CCC=O)N(C=O)Cc1ccc(C)cc1C. The summed E-state index contributed by atoms with van der Waals surface area (Å²) in [5.41, 5.74) is 3.22. The Morgan fingerprint density at radius 1 is 1.26 bits per heavy atom. The number of aryl methyl sites for hydroxylation is 2. The lowest BCUT2D eigenvalue weighted by molar-refractivity contribution is -0.133. The molecule has 0 aliphatic carbocycles. The van der Waals surface area contributed by atoms with Gasteiger partial charge in [0.25, 0.3) is 0 Å². The molecule has 5 heteroatoms. The van der Waals surface area contributed by atoms with E-state index in [9.17, 15) is 14.4 Å². The molecule has 0 saturated carbocycles. The Hall–Kier alpha value is -2.17. The Labute approximate surface area is 139 Å². The topological polar surface area (TPSA) is 66.5 Å². The first-order valence-electron chi connectivity index (χ1n) is 7.95. The van der Waals surface area contributed by atoms with Crippen molar-refractivity contribution in [1.82, 2.24) is 10.2 Å². The third-order valence-electron chi connectivity index (χ3n) is 3.49. The van der Waals surface area contributed by atoms with Gasteiger partial charge >= 0.3 is 0 Å². The quantitative estimate of drug-likeness (QED) is 0.748. The molecule has 5 nitrogen and oxygen atoms in total. The van der Waals surface area contributed by atoms with Crippen LogP contribution < -0.4 is 5.32 Å². The number of carbonyl (C=O) groups excluding carboxylic acids is 3. The Kier molecular flexibility index (Phi) is 10.3. The van der Waals surface area contributed by atoms with Crippen molar-refractivity contribution in [3.8, 4) is 0 Å². The fourth-order valence-corrected chi connectivity index (χ4v) is 2.28. The van der Waals surface area contributed by atoms with Crippen LogP contribution in [0.2, 0.25) is 0 Å². The van der Waals surface area contributed by atoms with Gasteiger partial charge in [-0.1, -0.05) is 37.6 Å². The monoisotopic (exact) mass is 320 g/mol. The van der Waals surface area contributed by atoms with Crippen molar-refractivity contribution in [3.63, 3.8) is 0 Å². The van der Waals surface area contributed by atoms with Crippen molar-refractivity contribution in [2.45, 2.75) is 53.1 Å². The number of hydrogen-bond donors (Lipinski definition) is 1. The molecule has 0 saturated heterocycles. The first-order valence-corrected chi connectivity index (χ1v) is 7.95. The van der Waals surface area contributed by atoms with Crippen molar-refractivity contribution in [2.75, 3.05) is 7.05 Å². The number of hydrogen-bond acceptors (Lipinski definition) is 3. The van der Waals surface area contributed by atoms with Crippen molar-refractivity contribution in [1.29, 1.82) is 0 Å². The van der Waals surface area contributed by atoms with Crippen LogP contribution in [0.3, 0.4) is 0 Å². The molecular weight excluding hydrogens is 292 g/mol. The number of rotatable bonds is 8. The van der Waals surface area contributed by atoms with E-state index in [1.807, 2.05) is 45.9 Å². The molecule has 2 amide bonds. The summed E-state index contributed by atoms with van der Waals surface area (Å²) < 4.78 is 0. The van der Waals surface area contributed by atoms with Gasteiger partial charge in [-0.25, -0.2) is 0 Å². The van der Waals surface area contributed by atoms with Gasteiger partial charge in [0.15, 0.2) is 0 Å². The molecule has 0 aromatic heterocycles.